The molecule has 0 amide bonds. The average molecular weight is 337 g/mol. The SMILES string of the molecule is CCOC(=O)C1(C(C)C)CCN(c2c(C#N)cnc3ccccc23)C1. The van der Waals surface area contributed by atoms with Crippen LogP contribution in [0.15, 0.2) is 30.5 Å². The van der Waals surface area contributed by atoms with E-state index in [-0.39, 0.29) is 11.9 Å². The molecule has 5 nitrogen and oxygen atoms in total. The zero-order valence-electron chi connectivity index (χ0n) is 15.0. The van der Waals surface area contributed by atoms with Gasteiger partial charge in [-0.2, -0.15) is 5.26 Å². The van der Waals surface area contributed by atoms with Crippen LogP contribution in [0.25, 0.3) is 10.9 Å². The van der Waals surface area contributed by atoms with Crippen LogP contribution in [0.5, 0.6) is 0 Å². The van der Waals surface area contributed by atoms with Gasteiger partial charge in [0, 0.05) is 24.7 Å². The molecule has 2 aromatic rings. The Morgan fingerprint density at radius 3 is 2.88 bits per heavy atom. The van der Waals surface area contributed by atoms with E-state index in [9.17, 15) is 10.1 Å². The lowest BCUT2D eigenvalue weighted by Gasteiger charge is -2.31. The molecule has 1 aromatic carbocycles. The maximum Gasteiger partial charge on any atom is 0.314 e. The highest BCUT2D eigenvalue weighted by atomic mass is 16.5. The van der Waals surface area contributed by atoms with E-state index >= 15 is 0 Å². The predicted molar refractivity (Wildman–Crippen MR) is 97.2 cm³/mol. The minimum atomic E-state index is -0.535. The molecular formula is C20H23N3O2. The number of aromatic nitrogens is 1. The van der Waals surface area contributed by atoms with Crippen LogP contribution in [-0.2, 0) is 9.53 Å². The lowest BCUT2D eigenvalue weighted by atomic mass is 9.76. The molecule has 1 saturated heterocycles. The van der Waals surface area contributed by atoms with Crippen molar-refractivity contribution >= 4 is 22.6 Å². The van der Waals surface area contributed by atoms with Gasteiger partial charge in [-0.1, -0.05) is 32.0 Å². The van der Waals surface area contributed by atoms with E-state index in [2.05, 4.69) is 29.8 Å². The number of carbonyl (C=O) groups excluding carboxylic acids is 1. The monoisotopic (exact) mass is 337 g/mol. The van der Waals surface area contributed by atoms with Crippen molar-refractivity contribution in [3.05, 3.63) is 36.0 Å². The van der Waals surface area contributed by atoms with Crippen LogP contribution < -0.4 is 4.90 Å². The first kappa shape index (κ1) is 17.2. The number of anilines is 1. The van der Waals surface area contributed by atoms with E-state index in [0.717, 1.165) is 29.6 Å². The molecule has 0 aliphatic carbocycles. The third-order valence-electron chi connectivity index (χ3n) is 5.27. The predicted octanol–water partition coefficient (Wildman–Crippen LogP) is 3.52. The molecule has 1 unspecified atom stereocenters. The number of nitrogens with zero attached hydrogens (tertiary/aromatic N) is 3. The molecule has 1 aromatic heterocycles. The van der Waals surface area contributed by atoms with E-state index in [4.69, 9.17) is 4.74 Å². The summed E-state index contributed by atoms with van der Waals surface area (Å²) in [5.41, 5.74) is 1.74. The first-order valence-corrected chi connectivity index (χ1v) is 8.73. The van der Waals surface area contributed by atoms with Crippen molar-refractivity contribution in [3.8, 4) is 6.07 Å². The van der Waals surface area contributed by atoms with E-state index < -0.39 is 5.41 Å². The summed E-state index contributed by atoms with van der Waals surface area (Å²) >= 11 is 0. The summed E-state index contributed by atoms with van der Waals surface area (Å²) in [5.74, 6) is 0.0274. The number of rotatable bonds is 4. The molecule has 25 heavy (non-hydrogen) atoms. The topological polar surface area (TPSA) is 66.2 Å². The molecule has 1 atom stereocenters. The summed E-state index contributed by atoms with van der Waals surface area (Å²) in [6, 6.07) is 10.1. The van der Waals surface area contributed by atoms with E-state index in [1.165, 1.54) is 0 Å². The van der Waals surface area contributed by atoms with E-state index in [1.54, 1.807) is 6.20 Å². The normalized spacial score (nSPS) is 20.0. The number of para-hydroxylation sites is 1. The second-order valence-electron chi connectivity index (χ2n) is 6.85. The van der Waals surface area contributed by atoms with E-state index in [1.807, 2.05) is 31.2 Å². The van der Waals surface area contributed by atoms with Crippen molar-refractivity contribution < 1.29 is 9.53 Å². The molecule has 1 aliphatic heterocycles. The molecule has 1 aliphatic rings. The molecule has 2 heterocycles. The number of ether oxygens (including phenoxy) is 1. The number of esters is 1. The minimum Gasteiger partial charge on any atom is -0.466 e. The van der Waals surface area contributed by atoms with Crippen LogP contribution in [-0.4, -0.2) is 30.6 Å². The lowest BCUT2D eigenvalue weighted by molar-refractivity contribution is -0.156. The summed E-state index contributed by atoms with van der Waals surface area (Å²) in [5, 5.41) is 10.5. The van der Waals surface area contributed by atoms with Crippen molar-refractivity contribution in [2.45, 2.75) is 27.2 Å². The second kappa shape index (κ2) is 6.72. The average Bonchev–Trinajstić information content (AvgIpc) is 3.07. The highest BCUT2D eigenvalue weighted by molar-refractivity contribution is 5.95. The van der Waals surface area contributed by atoms with Gasteiger partial charge in [0.25, 0.3) is 0 Å². The molecule has 0 N–H and O–H groups in total. The van der Waals surface area contributed by atoms with Crippen LogP contribution in [0.2, 0.25) is 0 Å². The third-order valence-corrected chi connectivity index (χ3v) is 5.27. The number of pyridine rings is 1. The lowest BCUT2D eigenvalue weighted by Crippen LogP contribution is -2.40. The maximum absolute atomic E-state index is 12.7. The van der Waals surface area contributed by atoms with Crippen molar-refractivity contribution in [3.63, 3.8) is 0 Å². The number of benzene rings is 1. The number of hydrogen-bond donors (Lipinski definition) is 0. The van der Waals surface area contributed by atoms with Gasteiger partial charge in [0.05, 0.1) is 28.8 Å². The molecule has 1 fully saturated rings. The Morgan fingerprint density at radius 1 is 1.44 bits per heavy atom. The Labute approximate surface area is 148 Å². The Hall–Kier alpha value is -2.61. The quantitative estimate of drug-likeness (QED) is 0.799. The molecule has 0 saturated carbocycles. The third kappa shape index (κ3) is 2.82. The zero-order valence-corrected chi connectivity index (χ0v) is 15.0. The van der Waals surface area contributed by atoms with Crippen LogP contribution in [0.3, 0.4) is 0 Å². The number of fused-ring (bicyclic) bond motifs is 1. The van der Waals surface area contributed by atoms with E-state index in [0.29, 0.717) is 18.7 Å². The van der Waals surface area contributed by atoms with Gasteiger partial charge in [-0.25, -0.2) is 0 Å². The fourth-order valence-corrected chi connectivity index (χ4v) is 3.72. The molecular weight excluding hydrogens is 314 g/mol. The Kier molecular flexibility index (Phi) is 4.63. The summed E-state index contributed by atoms with van der Waals surface area (Å²) in [6.07, 6.45) is 2.35. The minimum absolute atomic E-state index is 0.135. The number of hydrogen-bond acceptors (Lipinski definition) is 5. The highest BCUT2D eigenvalue weighted by Crippen LogP contribution is 2.43. The van der Waals surface area contributed by atoms with Gasteiger partial charge in [0.2, 0.25) is 0 Å². The number of nitriles is 1. The summed E-state index contributed by atoms with van der Waals surface area (Å²) in [7, 11) is 0. The molecule has 0 spiro atoms. The van der Waals surface area contributed by atoms with Gasteiger partial charge in [0.15, 0.2) is 0 Å². The van der Waals surface area contributed by atoms with Gasteiger partial charge in [-0.3, -0.25) is 9.78 Å². The Morgan fingerprint density at radius 2 is 2.20 bits per heavy atom. The van der Waals surface area contributed by atoms with Gasteiger partial charge >= 0.3 is 5.97 Å². The van der Waals surface area contributed by atoms with Gasteiger partial charge in [-0.15, -0.1) is 0 Å². The van der Waals surface area contributed by atoms with Gasteiger partial charge in [0.1, 0.15) is 6.07 Å². The maximum atomic E-state index is 12.7. The smallest absolute Gasteiger partial charge is 0.314 e. The molecule has 0 bridgehead atoms. The van der Waals surface area contributed by atoms with Gasteiger partial charge < -0.3 is 9.64 Å². The zero-order chi connectivity index (χ0) is 18.0. The van der Waals surface area contributed by atoms with Crippen LogP contribution in [0, 0.1) is 22.7 Å². The summed E-state index contributed by atoms with van der Waals surface area (Å²) < 4.78 is 5.38. The largest absolute Gasteiger partial charge is 0.466 e. The first-order valence-electron chi connectivity index (χ1n) is 8.73. The Balaban J connectivity index is 2.06. The number of carbonyl (C=O) groups is 1. The van der Waals surface area contributed by atoms with Crippen molar-refractivity contribution in [1.82, 2.24) is 4.98 Å². The highest BCUT2D eigenvalue weighted by Gasteiger charge is 2.48. The second-order valence-corrected chi connectivity index (χ2v) is 6.85. The fraction of sp³-hybridized carbons (Fsp3) is 0.450. The van der Waals surface area contributed by atoms with Crippen LogP contribution >= 0.6 is 0 Å². The van der Waals surface area contributed by atoms with Crippen molar-refractivity contribution in [2.24, 2.45) is 11.3 Å². The molecule has 130 valence electrons. The molecule has 5 heteroatoms. The van der Waals surface area contributed by atoms with Crippen molar-refractivity contribution in [2.75, 3.05) is 24.6 Å². The van der Waals surface area contributed by atoms with Crippen molar-refractivity contribution in [1.29, 1.82) is 5.26 Å². The standard InChI is InChI=1S/C20H23N3O2/c1-4-25-19(24)20(14(2)3)9-10-23(13-20)18-15(11-21)12-22-17-8-6-5-7-16(17)18/h5-8,12,14H,4,9-10,13H2,1-3H3. The summed E-state index contributed by atoms with van der Waals surface area (Å²) in [4.78, 5) is 19.2. The Bertz CT molecular complexity index is 840. The van der Waals surface area contributed by atoms with Crippen LogP contribution in [0.1, 0.15) is 32.8 Å². The fourth-order valence-electron chi connectivity index (χ4n) is 3.72. The van der Waals surface area contributed by atoms with Crippen LogP contribution in [0.4, 0.5) is 5.69 Å². The van der Waals surface area contributed by atoms with Gasteiger partial charge in [-0.05, 0) is 25.3 Å². The molecule has 0 radical (unpaired) electrons. The summed E-state index contributed by atoms with van der Waals surface area (Å²) in [6.45, 7) is 7.64. The first-order chi connectivity index (χ1) is 12.0. The molecule has 3 rings (SSSR count).